The molecule has 5 rings (SSSR count). The van der Waals surface area contributed by atoms with E-state index in [4.69, 9.17) is 4.74 Å². The molecule has 7 nitrogen and oxygen atoms in total. The van der Waals surface area contributed by atoms with Gasteiger partial charge in [-0.05, 0) is 54.8 Å². The van der Waals surface area contributed by atoms with E-state index < -0.39 is 0 Å². The molecule has 170 valence electrons. The number of nitrogens with zero attached hydrogens (tertiary/aromatic N) is 2. The molecule has 1 aliphatic rings. The highest BCUT2D eigenvalue weighted by Crippen LogP contribution is 2.28. The van der Waals surface area contributed by atoms with Crippen molar-refractivity contribution in [3.63, 3.8) is 0 Å². The fourth-order valence-corrected chi connectivity index (χ4v) is 3.76. The van der Waals surface area contributed by atoms with Crippen LogP contribution in [0.2, 0.25) is 0 Å². The van der Waals surface area contributed by atoms with Gasteiger partial charge in [-0.1, -0.05) is 36.4 Å². The highest BCUT2D eigenvalue weighted by atomic mass is 16.5. The molecule has 3 N–H and O–H groups in total. The third-order valence-corrected chi connectivity index (χ3v) is 5.57. The van der Waals surface area contributed by atoms with Gasteiger partial charge in [0, 0.05) is 41.3 Å². The number of rotatable bonds is 7. The second-order valence-electron chi connectivity index (χ2n) is 8.20. The number of carbonyl (C=O) groups is 1. The van der Waals surface area contributed by atoms with Gasteiger partial charge < -0.3 is 20.7 Å². The molecule has 1 aliphatic heterocycles. The Balaban J connectivity index is 1.28. The summed E-state index contributed by atoms with van der Waals surface area (Å²) in [6.45, 7) is 2.47. The molecule has 0 atom stereocenters. The lowest BCUT2D eigenvalue weighted by molar-refractivity contribution is -0.116. The van der Waals surface area contributed by atoms with Crippen molar-refractivity contribution >= 4 is 34.7 Å². The van der Waals surface area contributed by atoms with Gasteiger partial charge >= 0.3 is 0 Å². The number of amides is 1. The van der Waals surface area contributed by atoms with Crippen molar-refractivity contribution in [1.82, 2.24) is 9.97 Å². The molecule has 0 saturated heterocycles. The van der Waals surface area contributed by atoms with E-state index in [1.807, 2.05) is 79.7 Å². The summed E-state index contributed by atoms with van der Waals surface area (Å²) in [5, 5.41) is 9.54. The molecule has 0 spiro atoms. The molecule has 2 heterocycles. The maximum Gasteiger partial charge on any atom is 0.229 e. The summed E-state index contributed by atoms with van der Waals surface area (Å²) >= 11 is 0. The lowest BCUT2D eigenvalue weighted by atomic mass is 10.0. The number of carbonyl (C=O) groups excluding carboxylic acids is 1. The molecule has 0 saturated carbocycles. The Hall–Kier alpha value is -4.39. The second kappa shape index (κ2) is 9.62. The summed E-state index contributed by atoms with van der Waals surface area (Å²) in [5.41, 5.74) is 5.76. The number of ether oxygens (including phenoxy) is 1. The minimum atomic E-state index is 0.0559. The molecule has 1 amide bonds. The normalized spacial score (nSPS) is 12.4. The van der Waals surface area contributed by atoms with E-state index in [1.165, 1.54) is 0 Å². The summed E-state index contributed by atoms with van der Waals surface area (Å²) in [6.07, 6.45) is 3.01. The zero-order valence-corrected chi connectivity index (χ0v) is 18.8. The summed E-state index contributed by atoms with van der Waals surface area (Å²) < 4.78 is 5.94. The molecule has 0 unspecified atom stereocenters. The minimum Gasteiger partial charge on any atom is -0.489 e. The van der Waals surface area contributed by atoms with E-state index in [1.54, 1.807) is 6.20 Å². The van der Waals surface area contributed by atoms with Crippen LogP contribution in [0.3, 0.4) is 0 Å². The smallest absolute Gasteiger partial charge is 0.229 e. The number of fused-ring (bicyclic) bond motifs is 1. The fraction of sp³-hybridized carbons (Fsp3) is 0.148. The molecule has 0 aliphatic carbocycles. The number of hydrogen-bond acceptors (Lipinski definition) is 6. The van der Waals surface area contributed by atoms with Gasteiger partial charge in [0.15, 0.2) is 0 Å². The largest absolute Gasteiger partial charge is 0.489 e. The van der Waals surface area contributed by atoms with Crippen LogP contribution in [0.25, 0.3) is 0 Å². The molecule has 4 aromatic rings. The van der Waals surface area contributed by atoms with Gasteiger partial charge in [0.1, 0.15) is 18.2 Å². The van der Waals surface area contributed by atoms with E-state index in [9.17, 15) is 4.79 Å². The fourth-order valence-electron chi connectivity index (χ4n) is 3.76. The second-order valence-corrected chi connectivity index (χ2v) is 8.20. The van der Waals surface area contributed by atoms with Crippen molar-refractivity contribution in [1.29, 1.82) is 0 Å². The molecule has 3 aromatic carbocycles. The summed E-state index contributed by atoms with van der Waals surface area (Å²) in [5.74, 6) is 2.03. The van der Waals surface area contributed by atoms with Crippen LogP contribution in [-0.4, -0.2) is 15.9 Å². The number of aryl methyl sites for hydroxylation is 2. The first kappa shape index (κ1) is 21.5. The van der Waals surface area contributed by atoms with E-state index in [2.05, 4.69) is 25.9 Å². The van der Waals surface area contributed by atoms with Crippen molar-refractivity contribution in [2.75, 3.05) is 16.0 Å². The van der Waals surface area contributed by atoms with Gasteiger partial charge in [0.25, 0.3) is 0 Å². The Morgan fingerprint density at radius 3 is 2.68 bits per heavy atom. The molecular formula is C27H25N5O2. The predicted octanol–water partition coefficient (Wildman–Crippen LogP) is 5.74. The molecule has 7 heteroatoms. The molecular weight excluding hydrogens is 426 g/mol. The third kappa shape index (κ3) is 5.15. The summed E-state index contributed by atoms with van der Waals surface area (Å²) in [7, 11) is 0. The Morgan fingerprint density at radius 1 is 0.941 bits per heavy atom. The van der Waals surface area contributed by atoms with E-state index in [0.717, 1.165) is 45.9 Å². The van der Waals surface area contributed by atoms with Crippen LogP contribution in [0, 0.1) is 6.92 Å². The first-order valence-corrected chi connectivity index (χ1v) is 11.2. The van der Waals surface area contributed by atoms with E-state index in [0.29, 0.717) is 24.8 Å². The van der Waals surface area contributed by atoms with Crippen molar-refractivity contribution in [3.8, 4) is 5.75 Å². The molecule has 34 heavy (non-hydrogen) atoms. The standard InChI is InChI=1S/C27H25N5O2/c1-18-16-28-27(30-22-11-12-24-20(14-22)10-13-25(33)31-24)32-26(18)29-21-8-5-9-23(15-21)34-17-19-6-3-2-4-7-19/h2-9,11-12,14-16H,10,13,17H2,1H3,(H,31,33)(H2,28,29,30,32). The third-order valence-electron chi connectivity index (χ3n) is 5.57. The zero-order chi connectivity index (χ0) is 23.3. The summed E-state index contributed by atoms with van der Waals surface area (Å²) in [6, 6.07) is 23.7. The van der Waals surface area contributed by atoms with Gasteiger partial charge in [-0.25, -0.2) is 4.98 Å². The number of nitrogens with one attached hydrogen (secondary N) is 3. The number of aromatic nitrogens is 2. The van der Waals surface area contributed by atoms with Crippen molar-refractivity contribution in [3.05, 3.63) is 95.7 Å². The predicted molar refractivity (Wildman–Crippen MR) is 134 cm³/mol. The van der Waals surface area contributed by atoms with Gasteiger partial charge in [0.2, 0.25) is 11.9 Å². The summed E-state index contributed by atoms with van der Waals surface area (Å²) in [4.78, 5) is 20.7. The number of anilines is 5. The van der Waals surface area contributed by atoms with Crippen LogP contribution in [0.1, 0.15) is 23.1 Å². The average Bonchev–Trinajstić information content (AvgIpc) is 2.86. The Kier molecular flexibility index (Phi) is 6.07. The van der Waals surface area contributed by atoms with Gasteiger partial charge in [-0.2, -0.15) is 4.98 Å². The lowest BCUT2D eigenvalue weighted by Crippen LogP contribution is -2.18. The SMILES string of the molecule is Cc1cnc(Nc2ccc3c(c2)CCC(=O)N3)nc1Nc1cccc(OCc2ccccc2)c1. The molecule has 0 radical (unpaired) electrons. The Labute approximate surface area is 198 Å². The van der Waals surface area contributed by atoms with Crippen LogP contribution >= 0.6 is 0 Å². The first-order chi connectivity index (χ1) is 16.6. The molecule has 0 bridgehead atoms. The van der Waals surface area contributed by atoms with Gasteiger partial charge in [-0.15, -0.1) is 0 Å². The minimum absolute atomic E-state index is 0.0559. The monoisotopic (exact) mass is 451 g/mol. The zero-order valence-electron chi connectivity index (χ0n) is 18.8. The Bertz CT molecular complexity index is 1320. The maximum atomic E-state index is 11.6. The van der Waals surface area contributed by atoms with Crippen LogP contribution in [0.4, 0.5) is 28.8 Å². The van der Waals surface area contributed by atoms with Crippen molar-refractivity contribution < 1.29 is 9.53 Å². The quantitative estimate of drug-likeness (QED) is 0.332. The number of hydrogen-bond donors (Lipinski definition) is 3. The first-order valence-electron chi connectivity index (χ1n) is 11.2. The van der Waals surface area contributed by atoms with Gasteiger partial charge in [-0.3, -0.25) is 4.79 Å². The Morgan fingerprint density at radius 2 is 1.79 bits per heavy atom. The van der Waals surface area contributed by atoms with Crippen LogP contribution < -0.4 is 20.7 Å². The van der Waals surface area contributed by atoms with Crippen molar-refractivity contribution in [2.24, 2.45) is 0 Å². The maximum absolute atomic E-state index is 11.6. The van der Waals surface area contributed by atoms with Crippen LogP contribution in [-0.2, 0) is 17.8 Å². The van der Waals surface area contributed by atoms with Crippen LogP contribution in [0.5, 0.6) is 5.75 Å². The van der Waals surface area contributed by atoms with Gasteiger partial charge in [0.05, 0.1) is 0 Å². The van der Waals surface area contributed by atoms with E-state index in [-0.39, 0.29) is 5.91 Å². The number of benzene rings is 3. The molecule has 1 aromatic heterocycles. The lowest BCUT2D eigenvalue weighted by Gasteiger charge is -2.18. The highest BCUT2D eigenvalue weighted by Gasteiger charge is 2.15. The average molecular weight is 452 g/mol. The van der Waals surface area contributed by atoms with Crippen molar-refractivity contribution in [2.45, 2.75) is 26.4 Å². The van der Waals surface area contributed by atoms with E-state index >= 15 is 0 Å². The highest BCUT2D eigenvalue weighted by molar-refractivity contribution is 5.94. The molecule has 0 fully saturated rings. The topological polar surface area (TPSA) is 88.2 Å². The van der Waals surface area contributed by atoms with Crippen LogP contribution in [0.15, 0.2) is 79.0 Å².